The zero-order valence-corrected chi connectivity index (χ0v) is 11.3. The molecule has 0 aliphatic heterocycles. The van der Waals surface area contributed by atoms with E-state index in [1.165, 1.54) is 11.8 Å². The van der Waals surface area contributed by atoms with Crippen molar-refractivity contribution in [2.24, 2.45) is 7.05 Å². The van der Waals surface area contributed by atoms with Crippen molar-refractivity contribution in [2.75, 3.05) is 12.3 Å². The van der Waals surface area contributed by atoms with Crippen LogP contribution in [0.25, 0.3) is 0 Å². The first-order valence-electron chi connectivity index (χ1n) is 5.75. The lowest BCUT2D eigenvalue weighted by atomic mass is 10.4. The van der Waals surface area contributed by atoms with E-state index in [0.717, 1.165) is 16.3 Å². The lowest BCUT2D eigenvalue weighted by molar-refractivity contribution is 0.305. The first kappa shape index (κ1) is 12.8. The predicted octanol–water partition coefficient (Wildman–Crippen LogP) is 2.34. The lowest BCUT2D eigenvalue weighted by Crippen LogP contribution is -2.01. The fourth-order valence-corrected chi connectivity index (χ4v) is 2.19. The molecule has 0 amide bonds. The van der Waals surface area contributed by atoms with Crippen molar-refractivity contribution >= 4 is 17.4 Å². The van der Waals surface area contributed by atoms with Gasteiger partial charge in [0.25, 0.3) is 0 Å². The van der Waals surface area contributed by atoms with E-state index in [-0.39, 0.29) is 0 Å². The van der Waals surface area contributed by atoms with Crippen LogP contribution in [0.2, 0.25) is 0 Å². The summed E-state index contributed by atoms with van der Waals surface area (Å²) in [6.45, 7) is 2.67. The molecule has 2 aromatic heterocycles. The standard InChI is InChI=1S/C12H16N4OS/c1-3-6-17-12-10(13)4-5-11(15-12)18-9-7-14-16(2)8-9/h4-5,7-8H,3,6,13H2,1-2H3. The van der Waals surface area contributed by atoms with E-state index in [2.05, 4.69) is 10.1 Å². The van der Waals surface area contributed by atoms with E-state index < -0.39 is 0 Å². The van der Waals surface area contributed by atoms with Crippen LogP contribution in [0.1, 0.15) is 13.3 Å². The summed E-state index contributed by atoms with van der Waals surface area (Å²) in [7, 11) is 1.89. The molecular formula is C12H16N4OS. The van der Waals surface area contributed by atoms with E-state index in [1.807, 2.05) is 32.3 Å². The van der Waals surface area contributed by atoms with Gasteiger partial charge in [-0.1, -0.05) is 18.7 Å². The molecule has 2 aromatic rings. The number of aromatic nitrogens is 3. The average Bonchev–Trinajstić information content (AvgIpc) is 2.75. The van der Waals surface area contributed by atoms with Crippen LogP contribution in [0.4, 0.5) is 5.69 Å². The highest BCUT2D eigenvalue weighted by molar-refractivity contribution is 7.99. The van der Waals surface area contributed by atoms with Gasteiger partial charge < -0.3 is 10.5 Å². The Morgan fingerprint density at radius 1 is 1.44 bits per heavy atom. The fraction of sp³-hybridized carbons (Fsp3) is 0.333. The lowest BCUT2D eigenvalue weighted by Gasteiger charge is -2.07. The van der Waals surface area contributed by atoms with Crippen LogP contribution in [0, 0.1) is 0 Å². The number of pyridine rings is 1. The molecule has 0 spiro atoms. The Morgan fingerprint density at radius 2 is 2.28 bits per heavy atom. The SMILES string of the molecule is CCCOc1nc(Sc2cnn(C)c2)ccc1N. The van der Waals surface area contributed by atoms with E-state index in [9.17, 15) is 0 Å². The molecular weight excluding hydrogens is 248 g/mol. The largest absolute Gasteiger partial charge is 0.476 e. The molecule has 0 aromatic carbocycles. The summed E-state index contributed by atoms with van der Waals surface area (Å²) in [6.07, 6.45) is 4.67. The van der Waals surface area contributed by atoms with Crippen LogP contribution in [-0.2, 0) is 7.05 Å². The molecule has 0 bridgehead atoms. The van der Waals surface area contributed by atoms with E-state index in [0.29, 0.717) is 18.2 Å². The monoisotopic (exact) mass is 264 g/mol. The second-order valence-corrected chi connectivity index (χ2v) is 4.94. The minimum Gasteiger partial charge on any atom is -0.476 e. The highest BCUT2D eigenvalue weighted by atomic mass is 32.2. The molecule has 0 atom stereocenters. The molecule has 2 N–H and O–H groups in total. The molecule has 2 rings (SSSR count). The smallest absolute Gasteiger partial charge is 0.238 e. The number of rotatable bonds is 5. The number of hydrogen-bond donors (Lipinski definition) is 1. The molecule has 0 fully saturated rings. The maximum absolute atomic E-state index is 5.81. The summed E-state index contributed by atoms with van der Waals surface area (Å²) in [5.41, 5.74) is 6.38. The van der Waals surface area contributed by atoms with E-state index in [4.69, 9.17) is 10.5 Å². The van der Waals surface area contributed by atoms with Crippen molar-refractivity contribution < 1.29 is 4.74 Å². The van der Waals surface area contributed by atoms with Crippen LogP contribution >= 0.6 is 11.8 Å². The summed E-state index contributed by atoms with van der Waals surface area (Å²) in [4.78, 5) is 5.43. The van der Waals surface area contributed by atoms with Crippen molar-refractivity contribution in [3.63, 3.8) is 0 Å². The van der Waals surface area contributed by atoms with Crippen LogP contribution in [0.15, 0.2) is 34.4 Å². The third-order valence-corrected chi connectivity index (χ3v) is 3.09. The third kappa shape index (κ3) is 3.16. The minimum absolute atomic E-state index is 0.505. The van der Waals surface area contributed by atoms with Gasteiger partial charge in [-0.15, -0.1) is 0 Å². The molecule has 0 radical (unpaired) electrons. The number of nitrogens with two attached hydrogens (primary N) is 1. The summed E-state index contributed by atoms with van der Waals surface area (Å²) < 4.78 is 7.26. The number of nitrogen functional groups attached to an aromatic ring is 1. The predicted molar refractivity (Wildman–Crippen MR) is 71.8 cm³/mol. The number of ether oxygens (including phenoxy) is 1. The van der Waals surface area contributed by atoms with Crippen molar-refractivity contribution in [2.45, 2.75) is 23.3 Å². The fourth-order valence-electron chi connectivity index (χ4n) is 1.38. The van der Waals surface area contributed by atoms with Crippen molar-refractivity contribution in [1.82, 2.24) is 14.8 Å². The van der Waals surface area contributed by atoms with Gasteiger partial charge >= 0.3 is 0 Å². The number of aryl methyl sites for hydroxylation is 1. The maximum Gasteiger partial charge on any atom is 0.238 e. The second-order valence-electron chi connectivity index (χ2n) is 3.84. The topological polar surface area (TPSA) is 66.0 Å². The Hall–Kier alpha value is -1.69. The van der Waals surface area contributed by atoms with Crippen molar-refractivity contribution in [1.29, 1.82) is 0 Å². The molecule has 0 unspecified atom stereocenters. The molecule has 2 heterocycles. The Balaban J connectivity index is 2.13. The van der Waals surface area contributed by atoms with Gasteiger partial charge in [0, 0.05) is 13.2 Å². The number of nitrogens with zero attached hydrogens (tertiary/aromatic N) is 3. The maximum atomic E-state index is 5.81. The second kappa shape index (κ2) is 5.77. The average molecular weight is 264 g/mol. The van der Waals surface area contributed by atoms with Crippen LogP contribution < -0.4 is 10.5 Å². The Morgan fingerprint density at radius 3 is 2.94 bits per heavy atom. The van der Waals surface area contributed by atoms with Gasteiger partial charge in [-0.25, -0.2) is 4.98 Å². The van der Waals surface area contributed by atoms with Gasteiger partial charge in [-0.2, -0.15) is 5.10 Å². The van der Waals surface area contributed by atoms with Gasteiger partial charge in [-0.3, -0.25) is 4.68 Å². The van der Waals surface area contributed by atoms with E-state index in [1.54, 1.807) is 10.9 Å². The highest BCUT2D eigenvalue weighted by Gasteiger charge is 2.06. The first-order chi connectivity index (χ1) is 8.69. The zero-order chi connectivity index (χ0) is 13.0. The quantitative estimate of drug-likeness (QED) is 0.898. The van der Waals surface area contributed by atoms with Crippen molar-refractivity contribution in [3.05, 3.63) is 24.5 Å². The highest BCUT2D eigenvalue weighted by Crippen LogP contribution is 2.29. The molecule has 0 aliphatic rings. The number of anilines is 1. The normalized spacial score (nSPS) is 10.6. The van der Waals surface area contributed by atoms with Gasteiger partial charge in [0.15, 0.2) is 0 Å². The molecule has 0 saturated heterocycles. The Bertz CT molecular complexity index is 527. The molecule has 0 saturated carbocycles. The summed E-state index contributed by atoms with van der Waals surface area (Å²) >= 11 is 1.53. The summed E-state index contributed by atoms with van der Waals surface area (Å²) in [6, 6.07) is 3.70. The zero-order valence-electron chi connectivity index (χ0n) is 10.5. The molecule has 6 heteroatoms. The van der Waals surface area contributed by atoms with Gasteiger partial charge in [-0.05, 0) is 18.6 Å². The minimum atomic E-state index is 0.505. The van der Waals surface area contributed by atoms with Gasteiger partial charge in [0.05, 0.1) is 23.4 Å². The van der Waals surface area contributed by atoms with Gasteiger partial charge in [0.2, 0.25) is 5.88 Å². The molecule has 96 valence electrons. The number of hydrogen-bond acceptors (Lipinski definition) is 5. The van der Waals surface area contributed by atoms with Gasteiger partial charge in [0.1, 0.15) is 5.03 Å². The Labute approximate surface area is 110 Å². The third-order valence-electron chi connectivity index (χ3n) is 2.21. The van der Waals surface area contributed by atoms with Crippen LogP contribution in [-0.4, -0.2) is 21.4 Å². The van der Waals surface area contributed by atoms with Crippen LogP contribution in [0.5, 0.6) is 5.88 Å². The summed E-state index contributed by atoms with van der Waals surface area (Å²) in [5, 5.41) is 4.96. The summed E-state index contributed by atoms with van der Waals surface area (Å²) in [5.74, 6) is 0.505. The van der Waals surface area contributed by atoms with Crippen molar-refractivity contribution in [3.8, 4) is 5.88 Å². The molecule has 18 heavy (non-hydrogen) atoms. The first-order valence-corrected chi connectivity index (χ1v) is 6.56. The van der Waals surface area contributed by atoms with Crippen LogP contribution in [0.3, 0.4) is 0 Å². The molecule has 0 aliphatic carbocycles. The molecule has 5 nitrogen and oxygen atoms in total. The Kier molecular flexibility index (Phi) is 4.09. The van der Waals surface area contributed by atoms with E-state index >= 15 is 0 Å².